The molecule has 1 aromatic heterocycles. The summed E-state index contributed by atoms with van der Waals surface area (Å²) >= 11 is 9.74. The van der Waals surface area contributed by atoms with Crippen molar-refractivity contribution in [1.82, 2.24) is 10.3 Å². The third-order valence-electron chi connectivity index (χ3n) is 5.03. The van der Waals surface area contributed by atoms with Crippen LogP contribution in [0.4, 0.5) is 11.4 Å². The molecule has 5 rings (SSSR count). The van der Waals surface area contributed by atoms with Crippen molar-refractivity contribution in [1.29, 1.82) is 0 Å². The monoisotopic (exact) mass is 568 g/mol. The van der Waals surface area contributed by atoms with Gasteiger partial charge in [-0.3, -0.25) is 14.9 Å². The minimum absolute atomic E-state index is 0.0629. The normalized spacial score (nSPS) is 15.5. The van der Waals surface area contributed by atoms with Gasteiger partial charge in [0.05, 0.1) is 37.2 Å². The number of amidine groups is 1. The number of ether oxygens (including phenoxy) is 1. The highest BCUT2D eigenvalue weighted by Crippen LogP contribution is 2.40. The van der Waals surface area contributed by atoms with Crippen LogP contribution in [0, 0.1) is 10.1 Å². The molecule has 0 atom stereocenters. The highest BCUT2D eigenvalue weighted by Gasteiger charge is 2.25. The minimum Gasteiger partial charge on any atom is -0.494 e. The van der Waals surface area contributed by atoms with E-state index in [0.717, 1.165) is 27.7 Å². The number of hydrogen-bond donors (Lipinski definition) is 1. The Hall–Kier alpha value is -3.38. The predicted molar refractivity (Wildman–Crippen MR) is 150 cm³/mol. The molecule has 0 unspecified atom stereocenters. The van der Waals surface area contributed by atoms with Gasteiger partial charge >= 0.3 is 0 Å². The van der Waals surface area contributed by atoms with Gasteiger partial charge in [-0.2, -0.15) is 0 Å². The maximum atomic E-state index is 12.5. The average molecular weight is 569 g/mol. The lowest BCUT2D eigenvalue weighted by Gasteiger charge is -2.02. The number of hydrogen-bond acceptors (Lipinski definition) is 9. The van der Waals surface area contributed by atoms with E-state index in [-0.39, 0.29) is 11.6 Å². The zero-order chi connectivity index (χ0) is 25.9. The van der Waals surface area contributed by atoms with Crippen LogP contribution in [-0.2, 0) is 4.79 Å². The van der Waals surface area contributed by atoms with Gasteiger partial charge in [0.2, 0.25) is 0 Å². The molecule has 0 bridgehead atoms. The number of thiazole rings is 1. The van der Waals surface area contributed by atoms with Crippen molar-refractivity contribution in [2.75, 3.05) is 6.61 Å². The number of benzene rings is 3. The van der Waals surface area contributed by atoms with E-state index in [0.29, 0.717) is 42.2 Å². The number of carbonyl (C=O) groups is 1. The van der Waals surface area contributed by atoms with Crippen LogP contribution in [0.1, 0.15) is 12.5 Å². The Morgan fingerprint density at radius 2 is 2.00 bits per heavy atom. The van der Waals surface area contributed by atoms with E-state index in [1.165, 1.54) is 29.2 Å². The van der Waals surface area contributed by atoms with Crippen molar-refractivity contribution >= 4 is 85.2 Å². The van der Waals surface area contributed by atoms with Crippen molar-refractivity contribution < 1.29 is 14.5 Å². The van der Waals surface area contributed by atoms with Crippen LogP contribution >= 0.6 is 46.5 Å². The third-order valence-corrected chi connectivity index (χ3v) is 8.34. The van der Waals surface area contributed by atoms with E-state index in [1.807, 2.05) is 25.1 Å². The van der Waals surface area contributed by atoms with Gasteiger partial charge < -0.3 is 10.1 Å². The van der Waals surface area contributed by atoms with Crippen LogP contribution in [0.2, 0.25) is 5.02 Å². The Bertz CT molecular complexity index is 1580. The van der Waals surface area contributed by atoms with E-state index in [4.69, 9.17) is 16.3 Å². The Morgan fingerprint density at radius 3 is 2.76 bits per heavy atom. The first-order valence-corrected chi connectivity index (χ1v) is 13.8. The molecular weight excluding hydrogens is 552 g/mol. The van der Waals surface area contributed by atoms with Crippen LogP contribution in [0.15, 0.2) is 79.8 Å². The molecule has 0 saturated carbocycles. The summed E-state index contributed by atoms with van der Waals surface area (Å²) in [4.78, 5) is 33.7. The van der Waals surface area contributed by atoms with Crippen LogP contribution in [0.3, 0.4) is 0 Å². The molecule has 1 saturated heterocycles. The summed E-state index contributed by atoms with van der Waals surface area (Å²) in [6.45, 7) is 2.49. The van der Waals surface area contributed by atoms with Crippen LogP contribution < -0.4 is 10.1 Å². The molecule has 0 aliphatic carbocycles. The lowest BCUT2D eigenvalue weighted by molar-refractivity contribution is -0.387. The van der Waals surface area contributed by atoms with Crippen molar-refractivity contribution in [3.05, 3.63) is 86.3 Å². The highest BCUT2D eigenvalue weighted by molar-refractivity contribution is 8.18. The van der Waals surface area contributed by atoms with E-state index in [1.54, 1.807) is 42.5 Å². The quantitative estimate of drug-likeness (QED) is 0.142. The standard InChI is InChI=1S/C25H17ClN4O4S3/c1-2-34-17-8-9-18-21(13-17)37-25(28-18)36-20-10-3-14(11-19(20)30(32)33)12-22-23(31)29-24(35-22)27-16-6-4-15(26)5-7-16/h3-13H,2H2,1H3,(H,27,29,31)/b22-12-. The van der Waals surface area contributed by atoms with Gasteiger partial charge in [-0.15, -0.1) is 11.3 Å². The maximum absolute atomic E-state index is 12.5. The summed E-state index contributed by atoms with van der Waals surface area (Å²) in [6, 6.07) is 17.4. The molecule has 12 heteroatoms. The molecule has 1 aliphatic rings. The Kier molecular flexibility index (Phi) is 7.47. The molecule has 1 fully saturated rings. The van der Waals surface area contributed by atoms with Crippen molar-refractivity contribution in [2.45, 2.75) is 16.2 Å². The lowest BCUT2D eigenvalue weighted by Crippen LogP contribution is -2.19. The van der Waals surface area contributed by atoms with Crippen LogP contribution in [0.25, 0.3) is 16.3 Å². The van der Waals surface area contributed by atoms with Gasteiger partial charge in [-0.05, 0) is 78.9 Å². The number of carbonyl (C=O) groups excluding carboxylic acids is 1. The number of nitrogens with zero attached hydrogens (tertiary/aromatic N) is 3. The molecule has 8 nitrogen and oxygen atoms in total. The molecule has 3 aromatic carbocycles. The second kappa shape index (κ2) is 10.9. The molecule has 37 heavy (non-hydrogen) atoms. The first-order chi connectivity index (χ1) is 17.9. The first-order valence-electron chi connectivity index (χ1n) is 10.9. The summed E-state index contributed by atoms with van der Waals surface area (Å²) < 4.78 is 7.17. The number of aromatic nitrogens is 1. The highest BCUT2D eigenvalue weighted by atomic mass is 35.5. The van der Waals surface area contributed by atoms with Gasteiger partial charge in [-0.1, -0.05) is 29.4 Å². The smallest absolute Gasteiger partial charge is 0.283 e. The molecule has 0 spiro atoms. The SMILES string of the molecule is CCOc1ccc2nc(Sc3ccc(/C=C4\SC(=Nc5ccc(Cl)cc5)NC4=O)cc3[N+](=O)[O-])sc2c1. The molecule has 0 radical (unpaired) electrons. The van der Waals surface area contributed by atoms with Gasteiger partial charge in [0.15, 0.2) is 9.51 Å². The Labute approximate surface area is 229 Å². The molecular formula is C25H17ClN4O4S3. The van der Waals surface area contributed by atoms with Gasteiger partial charge in [0.25, 0.3) is 11.6 Å². The molecule has 4 aromatic rings. The summed E-state index contributed by atoms with van der Waals surface area (Å²) in [7, 11) is 0. The number of aliphatic imine (C=N–C) groups is 1. The zero-order valence-electron chi connectivity index (χ0n) is 19.1. The third kappa shape index (κ3) is 5.96. The van der Waals surface area contributed by atoms with E-state index in [9.17, 15) is 14.9 Å². The number of nitro groups is 1. The maximum Gasteiger partial charge on any atom is 0.283 e. The second-order valence-electron chi connectivity index (χ2n) is 7.59. The van der Waals surface area contributed by atoms with Gasteiger partial charge in [0.1, 0.15) is 5.75 Å². The summed E-state index contributed by atoms with van der Waals surface area (Å²) in [5.74, 6) is 0.438. The molecule has 1 aliphatic heterocycles. The van der Waals surface area contributed by atoms with Crippen molar-refractivity contribution in [3.8, 4) is 5.75 Å². The Balaban J connectivity index is 1.37. The summed E-state index contributed by atoms with van der Waals surface area (Å²) in [6.07, 6.45) is 1.61. The molecule has 186 valence electrons. The molecule has 1 amide bonds. The van der Waals surface area contributed by atoms with Crippen LogP contribution in [0.5, 0.6) is 5.75 Å². The fourth-order valence-corrected chi connectivity index (χ4v) is 6.50. The summed E-state index contributed by atoms with van der Waals surface area (Å²) in [5, 5.41) is 15.6. The average Bonchev–Trinajstić information content (AvgIpc) is 3.43. The van der Waals surface area contributed by atoms with Gasteiger partial charge in [0, 0.05) is 11.1 Å². The summed E-state index contributed by atoms with van der Waals surface area (Å²) in [5.41, 5.74) is 1.92. The fraction of sp³-hybridized carbons (Fsp3) is 0.0800. The van der Waals surface area contributed by atoms with Crippen molar-refractivity contribution in [3.63, 3.8) is 0 Å². The largest absolute Gasteiger partial charge is 0.494 e. The number of nitrogens with one attached hydrogen (secondary N) is 1. The van der Waals surface area contributed by atoms with Gasteiger partial charge in [-0.25, -0.2) is 9.98 Å². The van der Waals surface area contributed by atoms with E-state index >= 15 is 0 Å². The Morgan fingerprint density at radius 1 is 1.19 bits per heavy atom. The number of thioether (sulfide) groups is 1. The topological polar surface area (TPSA) is 107 Å². The van der Waals surface area contributed by atoms with E-state index < -0.39 is 4.92 Å². The van der Waals surface area contributed by atoms with Crippen LogP contribution in [-0.4, -0.2) is 27.6 Å². The second-order valence-corrected chi connectivity index (χ2v) is 11.4. The number of rotatable bonds is 7. The number of fused-ring (bicyclic) bond motifs is 1. The lowest BCUT2D eigenvalue weighted by atomic mass is 10.2. The first kappa shape index (κ1) is 25.3. The number of amides is 1. The minimum atomic E-state index is -0.430. The predicted octanol–water partition coefficient (Wildman–Crippen LogP) is 7.30. The molecule has 2 heterocycles. The van der Waals surface area contributed by atoms with E-state index in [2.05, 4.69) is 15.3 Å². The fourth-order valence-electron chi connectivity index (χ4n) is 3.40. The molecule has 1 N–H and O–H groups in total. The number of halogens is 1. The zero-order valence-corrected chi connectivity index (χ0v) is 22.3. The van der Waals surface area contributed by atoms with Crippen molar-refractivity contribution in [2.24, 2.45) is 4.99 Å². The number of nitro benzene ring substituents is 1.